The number of hydrogen-bond acceptors (Lipinski definition) is 10. The second-order valence-corrected chi connectivity index (χ2v) is 13.9. The van der Waals surface area contributed by atoms with E-state index in [1.165, 1.54) is 20.8 Å². The summed E-state index contributed by atoms with van der Waals surface area (Å²) in [5.41, 5.74) is 5.48. The van der Waals surface area contributed by atoms with Gasteiger partial charge >= 0.3 is 11.9 Å². The van der Waals surface area contributed by atoms with E-state index in [0.29, 0.717) is 46.8 Å². The molecule has 2 aromatic carbocycles. The minimum Gasteiger partial charge on any atom is -0.384 e. The monoisotopic (exact) mass is 656 g/mol. The predicted molar refractivity (Wildman–Crippen MR) is 178 cm³/mol. The molecule has 48 heavy (non-hydrogen) atoms. The molecule has 2 unspecified atom stereocenters. The lowest BCUT2D eigenvalue weighted by atomic mass is 9.73. The van der Waals surface area contributed by atoms with Gasteiger partial charge in [-0.05, 0) is 61.0 Å². The number of hydrogen-bond donors (Lipinski definition) is 0. The third-order valence-corrected chi connectivity index (χ3v) is 11.3. The fourth-order valence-electron chi connectivity index (χ4n) is 9.44. The van der Waals surface area contributed by atoms with Crippen LogP contribution in [0.5, 0.6) is 0 Å². The second kappa shape index (κ2) is 12.6. The number of carbonyl (C=O) groups is 2. The third-order valence-electron chi connectivity index (χ3n) is 11.3. The maximum atomic E-state index is 13.3. The summed E-state index contributed by atoms with van der Waals surface area (Å²) in [6, 6.07) is 12.6. The fourth-order valence-corrected chi connectivity index (χ4v) is 9.44. The second-order valence-electron chi connectivity index (χ2n) is 13.9. The van der Waals surface area contributed by atoms with Gasteiger partial charge in [0.25, 0.3) is 0 Å². The summed E-state index contributed by atoms with van der Waals surface area (Å²) < 4.78 is 11.1. The van der Waals surface area contributed by atoms with Gasteiger partial charge in [-0.3, -0.25) is 9.80 Å². The molecule has 12 nitrogen and oxygen atoms in total. The molecule has 0 N–H and O–H groups in total. The van der Waals surface area contributed by atoms with Crippen molar-refractivity contribution >= 4 is 33.7 Å². The number of likely N-dealkylation sites (N-methyl/N-ethyl adjacent to an activating group) is 2. The Morgan fingerprint density at radius 1 is 0.708 bits per heavy atom. The molecular weight excluding hydrogens is 612 g/mol. The molecule has 0 amide bonds. The summed E-state index contributed by atoms with van der Waals surface area (Å²) >= 11 is 0. The molecule has 0 saturated carbocycles. The van der Waals surface area contributed by atoms with Crippen molar-refractivity contribution in [2.24, 2.45) is 11.8 Å². The number of rotatable bonds is 8. The van der Waals surface area contributed by atoms with Gasteiger partial charge in [0, 0.05) is 74.8 Å². The lowest BCUT2D eigenvalue weighted by Crippen LogP contribution is -2.50. The molecular formula is C36H44N6O6. The van der Waals surface area contributed by atoms with E-state index in [4.69, 9.17) is 29.3 Å². The maximum absolute atomic E-state index is 13.3. The third kappa shape index (κ3) is 5.12. The fraction of sp³-hybridized carbons (Fsp3) is 0.556. The first kappa shape index (κ1) is 31.4. The van der Waals surface area contributed by atoms with Crippen molar-refractivity contribution in [3.63, 3.8) is 0 Å². The van der Waals surface area contributed by atoms with Gasteiger partial charge in [-0.25, -0.2) is 9.59 Å². The molecule has 4 aliphatic rings. The molecule has 2 aromatic heterocycles. The molecule has 12 heteroatoms. The van der Waals surface area contributed by atoms with E-state index in [0.717, 1.165) is 87.2 Å². The highest BCUT2D eigenvalue weighted by atomic mass is 16.8. The minimum atomic E-state index is -1.16. The van der Waals surface area contributed by atoms with Crippen LogP contribution >= 0.6 is 0 Å². The highest BCUT2D eigenvalue weighted by Gasteiger charge is 2.43. The number of carbonyl (C=O) groups excluding carboxylic acids is 2. The molecule has 2 aliphatic heterocycles. The van der Waals surface area contributed by atoms with Crippen molar-refractivity contribution in [1.29, 1.82) is 0 Å². The number of piperidine rings is 2. The van der Waals surface area contributed by atoms with E-state index in [1.807, 2.05) is 24.3 Å². The Balaban J connectivity index is 1.04. The first-order valence-corrected chi connectivity index (χ1v) is 17.3. The zero-order valence-corrected chi connectivity index (χ0v) is 28.1. The Morgan fingerprint density at radius 3 is 1.54 bits per heavy atom. The van der Waals surface area contributed by atoms with Crippen LogP contribution in [-0.4, -0.2) is 107 Å². The van der Waals surface area contributed by atoms with Crippen LogP contribution in [0.3, 0.4) is 0 Å². The van der Waals surface area contributed by atoms with Crippen molar-refractivity contribution < 1.29 is 28.7 Å². The molecule has 2 fully saturated rings. The number of aromatic nitrogens is 4. The smallest absolute Gasteiger partial charge is 0.384 e. The molecule has 4 heterocycles. The van der Waals surface area contributed by atoms with Crippen LogP contribution in [0.4, 0.5) is 0 Å². The summed E-state index contributed by atoms with van der Waals surface area (Å²) in [6.07, 6.45) is 3.54. The van der Waals surface area contributed by atoms with Crippen molar-refractivity contribution in [2.45, 2.75) is 63.5 Å². The Kier molecular flexibility index (Phi) is 8.22. The van der Waals surface area contributed by atoms with Crippen molar-refractivity contribution in [3.05, 3.63) is 58.9 Å². The lowest BCUT2D eigenvalue weighted by molar-refractivity contribution is -0.169. The quantitative estimate of drug-likeness (QED) is 0.263. The highest BCUT2D eigenvalue weighted by molar-refractivity contribution is 6.30. The molecule has 2 aliphatic carbocycles. The number of ether oxygens (including phenoxy) is 2. The first-order valence-electron chi connectivity index (χ1n) is 17.3. The van der Waals surface area contributed by atoms with Crippen LogP contribution in [0, 0.1) is 11.8 Å². The van der Waals surface area contributed by atoms with Gasteiger partial charge in [0.15, 0.2) is 0 Å². The molecule has 0 spiro atoms. The SMILES string of the molecule is CCN1CC(COC)C[C@H]2c3cccc4c3c(nn4OC(=O)C(=O)On3nc4c5c(cccc53)[C@@H]3CC(COC)CN(CC)[C@H]3C4)C[C@@H]21. The summed E-state index contributed by atoms with van der Waals surface area (Å²) in [5, 5.41) is 11.4. The van der Waals surface area contributed by atoms with Crippen LogP contribution < -0.4 is 9.68 Å². The summed E-state index contributed by atoms with van der Waals surface area (Å²) in [4.78, 5) is 45.2. The predicted octanol–water partition coefficient (Wildman–Crippen LogP) is 2.99. The normalized spacial score (nSPS) is 26.8. The number of fused-ring (bicyclic) bond motifs is 4. The summed E-state index contributed by atoms with van der Waals surface area (Å²) in [5.74, 6) is -0.792. The van der Waals surface area contributed by atoms with E-state index in [2.05, 4.69) is 35.8 Å². The standard InChI is InChI=1S/C36H44N6O6/c1-5-39-17-21(19-45-3)13-25-23-9-7-11-29-33(23)27(15-31(25)39)37-41(29)47-35(43)36(44)48-42-30-12-8-10-24-26-14-22(20-46-4)18-40(6-2)32(26)16-28(38-42)34(24)30/h7-12,21-22,25-26,31-32H,5-6,13-20H2,1-4H3/t21?,22?,25-,26-,31-,32-/m0/s1. The average Bonchev–Trinajstić information content (AvgIpc) is 3.63. The van der Waals surface area contributed by atoms with E-state index >= 15 is 0 Å². The maximum Gasteiger partial charge on any atom is 0.445 e. The Morgan fingerprint density at radius 2 is 1.15 bits per heavy atom. The first-order chi connectivity index (χ1) is 23.4. The van der Waals surface area contributed by atoms with Crippen molar-refractivity contribution in [3.8, 4) is 0 Å². The van der Waals surface area contributed by atoms with Gasteiger partial charge in [0.05, 0.1) is 24.6 Å². The Hall–Kier alpha value is -3.84. The number of nitrogens with zero attached hydrogens (tertiary/aromatic N) is 6. The highest BCUT2D eigenvalue weighted by Crippen LogP contribution is 2.46. The summed E-state index contributed by atoms with van der Waals surface area (Å²) in [7, 11) is 3.52. The van der Waals surface area contributed by atoms with E-state index < -0.39 is 11.9 Å². The molecule has 2 saturated heterocycles. The van der Waals surface area contributed by atoms with Crippen LogP contribution in [0.15, 0.2) is 36.4 Å². The average molecular weight is 657 g/mol. The zero-order chi connectivity index (χ0) is 33.1. The van der Waals surface area contributed by atoms with Gasteiger partial charge in [-0.15, -0.1) is 10.2 Å². The molecule has 254 valence electrons. The van der Waals surface area contributed by atoms with Gasteiger partial charge in [-0.2, -0.15) is 0 Å². The van der Waals surface area contributed by atoms with Crippen LogP contribution in [-0.2, 0) is 31.9 Å². The van der Waals surface area contributed by atoms with Crippen LogP contribution in [0.1, 0.15) is 61.0 Å². The van der Waals surface area contributed by atoms with Gasteiger partial charge in [-0.1, -0.05) is 47.8 Å². The van der Waals surface area contributed by atoms with Gasteiger partial charge in [0.2, 0.25) is 0 Å². The largest absolute Gasteiger partial charge is 0.445 e. The van der Waals surface area contributed by atoms with Crippen LogP contribution in [0.2, 0.25) is 0 Å². The summed E-state index contributed by atoms with van der Waals surface area (Å²) in [6.45, 7) is 9.67. The van der Waals surface area contributed by atoms with Crippen molar-refractivity contribution in [1.82, 2.24) is 29.7 Å². The Labute approximate surface area is 279 Å². The minimum absolute atomic E-state index is 0.305. The molecule has 0 bridgehead atoms. The number of likely N-dealkylation sites (tertiary alicyclic amines) is 2. The van der Waals surface area contributed by atoms with Crippen molar-refractivity contribution in [2.75, 3.05) is 53.6 Å². The molecule has 4 aromatic rings. The molecule has 8 rings (SSSR count). The van der Waals surface area contributed by atoms with Gasteiger partial charge < -0.3 is 19.1 Å². The molecule has 0 radical (unpaired) electrons. The topological polar surface area (TPSA) is 113 Å². The Bertz CT molecular complexity index is 1730. The van der Waals surface area contributed by atoms with Crippen LogP contribution in [0.25, 0.3) is 21.8 Å². The lowest BCUT2D eigenvalue weighted by Gasteiger charge is -2.46. The zero-order valence-electron chi connectivity index (χ0n) is 28.1. The molecule has 6 atom stereocenters. The van der Waals surface area contributed by atoms with E-state index in [9.17, 15) is 9.59 Å². The van der Waals surface area contributed by atoms with E-state index in [1.54, 1.807) is 14.2 Å². The number of benzene rings is 2. The number of methoxy groups -OCH3 is 2. The van der Waals surface area contributed by atoms with E-state index in [-0.39, 0.29) is 0 Å². The van der Waals surface area contributed by atoms with Gasteiger partial charge in [0.1, 0.15) is 11.0 Å².